The van der Waals surface area contributed by atoms with Gasteiger partial charge in [0.15, 0.2) is 0 Å². The summed E-state index contributed by atoms with van der Waals surface area (Å²) in [5.74, 6) is 0. The molecule has 2 atom stereocenters. The van der Waals surface area contributed by atoms with E-state index in [0.717, 1.165) is 48.8 Å². The van der Waals surface area contributed by atoms with Gasteiger partial charge in [0.1, 0.15) is 0 Å². The summed E-state index contributed by atoms with van der Waals surface area (Å²) in [6.45, 7) is 0. The van der Waals surface area contributed by atoms with Crippen LogP contribution in [-0.2, 0) is 10.8 Å². The van der Waals surface area contributed by atoms with Crippen molar-refractivity contribution in [1.82, 2.24) is 0 Å². The second-order valence-corrected chi connectivity index (χ2v) is 11.1. The van der Waals surface area contributed by atoms with E-state index in [1.54, 1.807) is 0 Å². The van der Waals surface area contributed by atoms with Crippen molar-refractivity contribution in [2.24, 2.45) is 10.8 Å². The third-order valence-electron chi connectivity index (χ3n) is 9.04. The summed E-state index contributed by atoms with van der Waals surface area (Å²) in [6.07, 6.45) is 7.42. The molecule has 0 radical (unpaired) electrons. The lowest BCUT2D eigenvalue weighted by molar-refractivity contribution is -0.292. The standard InChI is InChI=1S/C29H29F3/c30-29(31,32)28-19-25(22-10-4-1-5-11-22)16-26(20-28,23-12-6-2-7-13-23)18-27(17-25,21-28)24-14-8-3-9-15-24/h1-2,4-8,10-15H,3,9,16-21H2. The molecule has 0 spiro atoms. The molecular weight excluding hydrogens is 405 g/mol. The van der Waals surface area contributed by atoms with Gasteiger partial charge in [-0.05, 0) is 84.3 Å². The van der Waals surface area contributed by atoms with Gasteiger partial charge in [0.05, 0.1) is 5.41 Å². The largest absolute Gasteiger partial charge is 0.394 e. The van der Waals surface area contributed by atoms with Crippen LogP contribution in [0.3, 0.4) is 0 Å². The van der Waals surface area contributed by atoms with E-state index in [4.69, 9.17) is 0 Å². The monoisotopic (exact) mass is 434 g/mol. The fraction of sp³-hybridized carbons (Fsp3) is 0.448. The number of halogens is 3. The molecule has 0 saturated heterocycles. The van der Waals surface area contributed by atoms with Gasteiger partial charge in [0, 0.05) is 0 Å². The lowest BCUT2D eigenvalue weighted by Crippen LogP contribution is -2.67. The first kappa shape index (κ1) is 20.3. The van der Waals surface area contributed by atoms with Crippen LogP contribution in [0.4, 0.5) is 13.2 Å². The summed E-state index contributed by atoms with van der Waals surface area (Å²) in [5, 5.41) is 0. The van der Waals surface area contributed by atoms with Gasteiger partial charge in [-0.15, -0.1) is 0 Å². The number of allylic oxidation sites excluding steroid dienone is 4. The highest BCUT2D eigenvalue weighted by atomic mass is 19.4. The van der Waals surface area contributed by atoms with Crippen LogP contribution in [0.25, 0.3) is 0 Å². The summed E-state index contributed by atoms with van der Waals surface area (Å²) in [5.41, 5.74) is 0.389. The van der Waals surface area contributed by atoms with Crippen molar-refractivity contribution in [3.05, 3.63) is 95.6 Å². The van der Waals surface area contributed by atoms with Gasteiger partial charge in [-0.1, -0.05) is 78.9 Å². The minimum absolute atomic E-state index is 0.223. The van der Waals surface area contributed by atoms with Crippen molar-refractivity contribution in [2.45, 2.75) is 68.4 Å². The SMILES string of the molecule is FC(F)(F)C12CC3(C4=CCCC=C4)CC(c4ccccc4)(CC(c4ccccc4)(C3)C1)C2. The van der Waals surface area contributed by atoms with E-state index in [9.17, 15) is 0 Å². The van der Waals surface area contributed by atoms with Gasteiger partial charge in [-0.25, -0.2) is 0 Å². The number of hydrogen-bond donors (Lipinski definition) is 0. The smallest absolute Gasteiger partial charge is 0.171 e. The van der Waals surface area contributed by atoms with Crippen LogP contribution in [0.15, 0.2) is 84.5 Å². The lowest BCUT2D eigenvalue weighted by atomic mass is 9.32. The van der Waals surface area contributed by atoms with E-state index in [2.05, 4.69) is 42.5 Å². The number of hydrogen-bond acceptors (Lipinski definition) is 0. The molecular formula is C29H29F3. The van der Waals surface area contributed by atoms with E-state index in [0.29, 0.717) is 0 Å². The fourth-order valence-corrected chi connectivity index (χ4v) is 8.45. The van der Waals surface area contributed by atoms with Crippen molar-refractivity contribution in [3.8, 4) is 0 Å². The maximum atomic E-state index is 15.1. The van der Waals surface area contributed by atoms with E-state index in [1.807, 2.05) is 36.4 Å². The molecule has 4 saturated carbocycles. The zero-order valence-corrected chi connectivity index (χ0v) is 18.3. The predicted molar refractivity (Wildman–Crippen MR) is 121 cm³/mol. The third kappa shape index (κ3) is 2.75. The molecule has 32 heavy (non-hydrogen) atoms. The fourth-order valence-electron chi connectivity index (χ4n) is 8.45. The topological polar surface area (TPSA) is 0 Å². The Morgan fingerprint density at radius 1 is 0.594 bits per heavy atom. The molecule has 7 rings (SSSR count). The molecule has 5 aliphatic rings. The Morgan fingerprint density at radius 2 is 1.09 bits per heavy atom. The number of benzene rings is 2. The normalized spacial score (nSPS) is 38.0. The number of rotatable bonds is 3. The van der Waals surface area contributed by atoms with Crippen LogP contribution < -0.4 is 0 Å². The van der Waals surface area contributed by atoms with Crippen molar-refractivity contribution in [2.75, 3.05) is 0 Å². The minimum Gasteiger partial charge on any atom is -0.171 e. The molecule has 0 N–H and O–H groups in total. The van der Waals surface area contributed by atoms with Gasteiger partial charge in [-0.2, -0.15) is 13.2 Å². The molecule has 0 heterocycles. The van der Waals surface area contributed by atoms with Crippen LogP contribution in [0.5, 0.6) is 0 Å². The van der Waals surface area contributed by atoms with Gasteiger partial charge < -0.3 is 0 Å². The van der Waals surface area contributed by atoms with Crippen molar-refractivity contribution < 1.29 is 13.2 Å². The molecule has 2 unspecified atom stereocenters. The van der Waals surface area contributed by atoms with Crippen LogP contribution in [0.2, 0.25) is 0 Å². The Balaban J connectivity index is 1.63. The Kier molecular flexibility index (Phi) is 4.20. The quantitative estimate of drug-likeness (QED) is 0.458. The zero-order valence-electron chi connectivity index (χ0n) is 18.3. The third-order valence-corrected chi connectivity index (χ3v) is 9.04. The van der Waals surface area contributed by atoms with E-state index in [1.165, 1.54) is 0 Å². The minimum atomic E-state index is -4.21. The molecule has 4 fully saturated rings. The van der Waals surface area contributed by atoms with Crippen molar-refractivity contribution in [1.29, 1.82) is 0 Å². The van der Waals surface area contributed by atoms with Crippen LogP contribution >= 0.6 is 0 Å². The maximum absolute atomic E-state index is 15.1. The molecule has 0 amide bonds. The van der Waals surface area contributed by atoms with E-state index < -0.39 is 27.8 Å². The molecule has 0 nitrogen and oxygen atoms in total. The molecule has 4 bridgehead atoms. The maximum Gasteiger partial charge on any atom is 0.394 e. The summed E-state index contributed by atoms with van der Waals surface area (Å²) >= 11 is 0. The summed E-state index contributed by atoms with van der Waals surface area (Å²) in [7, 11) is 0. The molecule has 2 aromatic carbocycles. The Hall–Kier alpha value is -2.29. The molecule has 166 valence electrons. The first-order valence-electron chi connectivity index (χ1n) is 11.9. The first-order chi connectivity index (χ1) is 15.3. The highest BCUT2D eigenvalue weighted by molar-refractivity contribution is 5.45. The van der Waals surface area contributed by atoms with Crippen LogP contribution in [0.1, 0.15) is 62.5 Å². The number of alkyl halides is 3. The summed E-state index contributed by atoms with van der Waals surface area (Å²) in [6, 6.07) is 20.2. The lowest BCUT2D eigenvalue weighted by Gasteiger charge is -2.71. The summed E-state index contributed by atoms with van der Waals surface area (Å²) in [4.78, 5) is 0. The summed E-state index contributed by atoms with van der Waals surface area (Å²) < 4.78 is 45.2. The van der Waals surface area contributed by atoms with Gasteiger partial charge >= 0.3 is 6.18 Å². The Labute approximate surface area is 188 Å². The Morgan fingerprint density at radius 3 is 1.56 bits per heavy atom. The highest BCUT2D eigenvalue weighted by Gasteiger charge is 2.75. The molecule has 5 aliphatic carbocycles. The van der Waals surface area contributed by atoms with Crippen LogP contribution in [-0.4, -0.2) is 6.18 Å². The molecule has 3 heteroatoms. The Bertz CT molecular complexity index is 1020. The first-order valence-corrected chi connectivity index (χ1v) is 11.9. The second kappa shape index (κ2) is 6.62. The van der Waals surface area contributed by atoms with Crippen molar-refractivity contribution >= 4 is 0 Å². The van der Waals surface area contributed by atoms with E-state index in [-0.39, 0.29) is 19.3 Å². The molecule has 0 aromatic heterocycles. The average molecular weight is 435 g/mol. The van der Waals surface area contributed by atoms with E-state index >= 15 is 13.2 Å². The predicted octanol–water partition coefficient (Wildman–Crippen LogP) is 8.06. The average Bonchev–Trinajstić information content (AvgIpc) is 2.79. The zero-order chi connectivity index (χ0) is 22.1. The molecule has 0 aliphatic heterocycles. The van der Waals surface area contributed by atoms with Crippen LogP contribution in [0, 0.1) is 10.8 Å². The molecule has 2 aromatic rings. The van der Waals surface area contributed by atoms with Gasteiger partial charge in [-0.3, -0.25) is 0 Å². The van der Waals surface area contributed by atoms with Crippen molar-refractivity contribution in [3.63, 3.8) is 0 Å². The van der Waals surface area contributed by atoms with Gasteiger partial charge in [0.25, 0.3) is 0 Å². The second-order valence-electron chi connectivity index (χ2n) is 11.1. The van der Waals surface area contributed by atoms with Gasteiger partial charge in [0.2, 0.25) is 0 Å². The highest BCUT2D eigenvalue weighted by Crippen LogP contribution is 2.78.